The monoisotopic (exact) mass is 291 g/mol. The highest BCUT2D eigenvalue weighted by molar-refractivity contribution is 6.37. The van der Waals surface area contributed by atoms with E-state index in [9.17, 15) is 10.2 Å². The van der Waals surface area contributed by atoms with Crippen molar-refractivity contribution in [1.82, 2.24) is 4.57 Å². The molecule has 0 bridgehead atoms. The number of alkyl halides is 1. The van der Waals surface area contributed by atoms with Crippen molar-refractivity contribution in [3.8, 4) is 17.4 Å². The van der Waals surface area contributed by atoms with Crippen LogP contribution >= 0.6 is 34.8 Å². The average molecular weight is 293 g/mol. The fourth-order valence-electron chi connectivity index (χ4n) is 1.56. The highest BCUT2D eigenvalue weighted by atomic mass is 35.5. The van der Waals surface area contributed by atoms with Gasteiger partial charge >= 0.3 is 0 Å². The fraction of sp³-hybridized carbons (Fsp3) is 0.0909. The van der Waals surface area contributed by atoms with Crippen LogP contribution in [0.1, 0.15) is 5.56 Å². The summed E-state index contributed by atoms with van der Waals surface area (Å²) < 4.78 is 1.16. The van der Waals surface area contributed by atoms with Crippen LogP contribution in [0.3, 0.4) is 0 Å². The summed E-state index contributed by atoms with van der Waals surface area (Å²) in [7, 11) is 0. The third-order valence-corrected chi connectivity index (χ3v) is 3.23. The van der Waals surface area contributed by atoms with E-state index in [4.69, 9.17) is 34.8 Å². The van der Waals surface area contributed by atoms with Gasteiger partial charge in [-0.05, 0) is 12.1 Å². The number of nitrogens with zero attached hydrogens (tertiary/aromatic N) is 1. The molecule has 1 aromatic carbocycles. The van der Waals surface area contributed by atoms with Crippen LogP contribution in [0, 0.1) is 0 Å². The first-order chi connectivity index (χ1) is 8.06. The summed E-state index contributed by atoms with van der Waals surface area (Å²) in [6.07, 6.45) is 0. The van der Waals surface area contributed by atoms with Gasteiger partial charge in [-0.2, -0.15) is 0 Å². The first-order valence-corrected chi connectivity index (χ1v) is 5.98. The van der Waals surface area contributed by atoms with Crippen LogP contribution in [0.15, 0.2) is 24.3 Å². The van der Waals surface area contributed by atoms with Gasteiger partial charge in [0.1, 0.15) is 0 Å². The Labute approximate surface area is 113 Å². The minimum Gasteiger partial charge on any atom is -0.494 e. The van der Waals surface area contributed by atoms with Gasteiger partial charge in [-0.1, -0.05) is 29.3 Å². The lowest BCUT2D eigenvalue weighted by Crippen LogP contribution is -1.95. The first kappa shape index (κ1) is 12.4. The second-order valence-electron chi connectivity index (χ2n) is 3.39. The van der Waals surface area contributed by atoms with E-state index in [2.05, 4.69) is 0 Å². The zero-order valence-corrected chi connectivity index (χ0v) is 10.8. The second-order valence-corrected chi connectivity index (χ2v) is 4.47. The van der Waals surface area contributed by atoms with Crippen LogP contribution in [-0.2, 0) is 5.88 Å². The third-order valence-electron chi connectivity index (χ3n) is 2.34. The standard InChI is InChI=1S/C11H8Cl3NO2/c12-5-6-4-9(16)15(11(6)17)10-7(13)2-1-3-8(10)14/h1-4,16-17H,5H2. The van der Waals surface area contributed by atoms with Gasteiger partial charge < -0.3 is 10.2 Å². The summed E-state index contributed by atoms with van der Waals surface area (Å²) in [5.41, 5.74) is 0.724. The van der Waals surface area contributed by atoms with E-state index < -0.39 is 0 Å². The summed E-state index contributed by atoms with van der Waals surface area (Å²) >= 11 is 17.6. The maximum Gasteiger partial charge on any atom is 0.203 e. The lowest BCUT2D eigenvalue weighted by Gasteiger charge is -2.10. The van der Waals surface area contributed by atoms with Gasteiger partial charge in [0, 0.05) is 11.6 Å². The number of hydrogen-bond acceptors (Lipinski definition) is 2. The van der Waals surface area contributed by atoms with E-state index in [1.54, 1.807) is 18.2 Å². The quantitative estimate of drug-likeness (QED) is 0.824. The number of hydrogen-bond donors (Lipinski definition) is 2. The summed E-state index contributed by atoms with van der Waals surface area (Å²) in [5.74, 6) is -0.269. The third kappa shape index (κ3) is 2.06. The Balaban J connectivity index is 2.73. The van der Waals surface area contributed by atoms with Gasteiger partial charge in [-0.15, -0.1) is 11.6 Å². The summed E-state index contributed by atoms with van der Waals surface area (Å²) in [4.78, 5) is 0. The molecule has 1 aromatic heterocycles. The molecule has 2 aromatic rings. The molecule has 90 valence electrons. The molecule has 0 saturated heterocycles. The molecule has 1 heterocycles. The smallest absolute Gasteiger partial charge is 0.203 e. The van der Waals surface area contributed by atoms with E-state index in [1.165, 1.54) is 6.07 Å². The molecule has 0 radical (unpaired) electrons. The van der Waals surface area contributed by atoms with Crippen molar-refractivity contribution < 1.29 is 10.2 Å². The molecule has 0 aliphatic carbocycles. The number of halogens is 3. The Morgan fingerprint density at radius 2 is 1.71 bits per heavy atom. The van der Waals surface area contributed by atoms with Crippen LogP contribution < -0.4 is 0 Å². The van der Waals surface area contributed by atoms with Crippen LogP contribution in [0.2, 0.25) is 10.0 Å². The van der Waals surface area contributed by atoms with Gasteiger partial charge in [0.15, 0.2) is 5.88 Å². The van der Waals surface area contributed by atoms with Gasteiger partial charge in [0.2, 0.25) is 5.88 Å². The van der Waals surface area contributed by atoms with E-state index in [0.29, 0.717) is 21.3 Å². The van der Waals surface area contributed by atoms with E-state index >= 15 is 0 Å². The minimum absolute atomic E-state index is 0.0778. The lowest BCUT2D eigenvalue weighted by atomic mass is 10.3. The van der Waals surface area contributed by atoms with Crippen molar-refractivity contribution in [3.05, 3.63) is 39.9 Å². The molecule has 0 unspecified atom stereocenters. The Morgan fingerprint density at radius 3 is 2.18 bits per heavy atom. The Kier molecular flexibility index (Phi) is 3.43. The predicted octanol–water partition coefficient (Wildman–Crippen LogP) is 3.93. The molecule has 0 fully saturated rings. The van der Waals surface area contributed by atoms with E-state index in [-0.39, 0.29) is 17.6 Å². The molecule has 17 heavy (non-hydrogen) atoms. The maximum atomic E-state index is 9.91. The van der Waals surface area contributed by atoms with E-state index in [0.717, 1.165) is 4.57 Å². The van der Waals surface area contributed by atoms with Crippen LogP contribution in [0.25, 0.3) is 5.69 Å². The normalized spacial score (nSPS) is 10.8. The second kappa shape index (κ2) is 4.69. The highest BCUT2D eigenvalue weighted by Gasteiger charge is 2.18. The number of rotatable bonds is 2. The van der Waals surface area contributed by atoms with Gasteiger partial charge in [-0.3, -0.25) is 0 Å². The molecule has 0 atom stereocenters. The molecular weight excluding hydrogens is 284 g/mol. The number of aromatic nitrogens is 1. The molecular formula is C11H8Cl3NO2. The zero-order valence-electron chi connectivity index (χ0n) is 8.49. The number of para-hydroxylation sites is 1. The largest absolute Gasteiger partial charge is 0.494 e. The minimum atomic E-state index is -0.174. The van der Waals surface area contributed by atoms with Crippen molar-refractivity contribution in [2.24, 2.45) is 0 Å². The van der Waals surface area contributed by atoms with Crippen molar-refractivity contribution in [3.63, 3.8) is 0 Å². The number of benzene rings is 1. The van der Waals surface area contributed by atoms with Crippen LogP contribution in [0.4, 0.5) is 0 Å². The van der Waals surface area contributed by atoms with Gasteiger partial charge in [0.05, 0.1) is 21.6 Å². The summed E-state index contributed by atoms with van der Waals surface area (Å²) in [6.45, 7) is 0. The van der Waals surface area contributed by atoms with Gasteiger partial charge in [-0.25, -0.2) is 4.57 Å². The summed E-state index contributed by atoms with van der Waals surface area (Å²) in [6, 6.07) is 6.26. The van der Waals surface area contributed by atoms with Gasteiger partial charge in [0.25, 0.3) is 0 Å². The number of aromatic hydroxyl groups is 2. The molecule has 0 saturated carbocycles. The molecule has 0 aliphatic rings. The molecule has 3 nitrogen and oxygen atoms in total. The van der Waals surface area contributed by atoms with Crippen LogP contribution in [-0.4, -0.2) is 14.8 Å². The van der Waals surface area contributed by atoms with Crippen molar-refractivity contribution in [2.45, 2.75) is 5.88 Å². The van der Waals surface area contributed by atoms with Crippen LogP contribution in [0.5, 0.6) is 11.8 Å². The molecule has 0 amide bonds. The van der Waals surface area contributed by atoms with Crippen molar-refractivity contribution in [2.75, 3.05) is 0 Å². The molecule has 2 N–H and O–H groups in total. The molecule has 2 rings (SSSR count). The Hall–Kier alpha value is -1.03. The Bertz CT molecular complexity index is 546. The summed E-state index contributed by atoms with van der Waals surface area (Å²) in [5, 5.41) is 20.3. The predicted molar refractivity (Wildman–Crippen MR) is 68.7 cm³/mol. The topological polar surface area (TPSA) is 45.4 Å². The van der Waals surface area contributed by atoms with Crippen molar-refractivity contribution in [1.29, 1.82) is 0 Å². The first-order valence-electron chi connectivity index (χ1n) is 4.69. The SMILES string of the molecule is Oc1cc(CCl)c(O)n1-c1c(Cl)cccc1Cl. The fourth-order valence-corrected chi connectivity index (χ4v) is 2.32. The maximum absolute atomic E-state index is 9.91. The molecule has 0 aliphatic heterocycles. The highest BCUT2D eigenvalue weighted by Crippen LogP contribution is 2.38. The molecule has 0 spiro atoms. The molecule has 6 heteroatoms. The average Bonchev–Trinajstić information content (AvgIpc) is 2.56. The lowest BCUT2D eigenvalue weighted by molar-refractivity contribution is 0.401. The zero-order chi connectivity index (χ0) is 12.6. The Morgan fingerprint density at radius 1 is 1.12 bits per heavy atom. The van der Waals surface area contributed by atoms with Crippen molar-refractivity contribution >= 4 is 34.8 Å². The van der Waals surface area contributed by atoms with E-state index in [1.807, 2.05) is 0 Å².